The summed E-state index contributed by atoms with van der Waals surface area (Å²) in [5.74, 6) is 0.559. The number of rotatable bonds is 4. The number of carboxylic acids is 1. The Hall–Kier alpha value is -2.50. The molecule has 2 aromatic rings. The normalized spacial score (nSPS) is 13.0. The van der Waals surface area contributed by atoms with Crippen LogP contribution in [-0.2, 0) is 19.9 Å². The second kappa shape index (κ2) is 5.36. The van der Waals surface area contributed by atoms with Crippen LogP contribution in [0.25, 0.3) is 11.3 Å². The highest BCUT2D eigenvalue weighted by Gasteiger charge is 2.26. The molecule has 0 amide bonds. The summed E-state index contributed by atoms with van der Waals surface area (Å²) < 4.78 is 12.7. The molecule has 0 fully saturated rings. The highest BCUT2D eigenvalue weighted by atomic mass is 16.5. The zero-order valence-electron chi connectivity index (χ0n) is 12.8. The number of benzene rings is 1. The first kappa shape index (κ1) is 14.4. The van der Waals surface area contributed by atoms with Crippen LogP contribution in [0.3, 0.4) is 0 Å². The number of ether oxygens (including phenoxy) is 2. The number of aryl methyl sites for hydroxylation is 1. The summed E-state index contributed by atoms with van der Waals surface area (Å²) in [6.45, 7) is 0. The number of carboxylic acid groups (broad SMARTS) is 1. The summed E-state index contributed by atoms with van der Waals surface area (Å²) in [7, 11) is 5.01. The number of hydrogen-bond donors (Lipinski definition) is 1. The summed E-state index contributed by atoms with van der Waals surface area (Å²) >= 11 is 0. The van der Waals surface area contributed by atoms with E-state index in [-0.39, 0.29) is 5.69 Å². The molecular formula is C16H18N2O4. The molecule has 6 nitrogen and oxygen atoms in total. The van der Waals surface area contributed by atoms with Gasteiger partial charge in [-0.1, -0.05) is 0 Å². The maximum Gasteiger partial charge on any atom is 0.356 e. The first-order chi connectivity index (χ1) is 10.6. The molecule has 1 N–H and O–H groups in total. The van der Waals surface area contributed by atoms with E-state index in [0.29, 0.717) is 5.69 Å². The quantitative estimate of drug-likeness (QED) is 0.938. The van der Waals surface area contributed by atoms with E-state index < -0.39 is 5.97 Å². The van der Waals surface area contributed by atoms with Crippen LogP contribution in [0.15, 0.2) is 12.1 Å². The molecule has 22 heavy (non-hydrogen) atoms. The van der Waals surface area contributed by atoms with E-state index in [4.69, 9.17) is 14.6 Å². The molecule has 0 radical (unpaired) electrons. The fourth-order valence-corrected chi connectivity index (χ4v) is 3.14. The van der Waals surface area contributed by atoms with Gasteiger partial charge in [0.2, 0.25) is 0 Å². The van der Waals surface area contributed by atoms with Crippen molar-refractivity contribution in [3.8, 4) is 22.8 Å². The zero-order valence-corrected chi connectivity index (χ0v) is 12.8. The molecule has 116 valence electrons. The van der Waals surface area contributed by atoms with Crippen molar-refractivity contribution in [1.29, 1.82) is 0 Å². The molecule has 0 atom stereocenters. The molecule has 1 aromatic heterocycles. The highest BCUT2D eigenvalue weighted by Crippen LogP contribution is 2.44. The van der Waals surface area contributed by atoms with E-state index in [0.717, 1.165) is 41.9 Å². The van der Waals surface area contributed by atoms with Crippen LogP contribution in [0.1, 0.15) is 28.0 Å². The van der Waals surface area contributed by atoms with Gasteiger partial charge in [0.05, 0.1) is 19.9 Å². The Labute approximate surface area is 128 Å². The van der Waals surface area contributed by atoms with Gasteiger partial charge in [0.25, 0.3) is 0 Å². The Kier molecular flexibility index (Phi) is 3.52. The third-order valence-electron chi connectivity index (χ3n) is 4.11. The zero-order chi connectivity index (χ0) is 15.9. The number of nitrogens with zero attached hydrogens (tertiary/aromatic N) is 2. The van der Waals surface area contributed by atoms with Crippen LogP contribution in [0.5, 0.6) is 11.5 Å². The topological polar surface area (TPSA) is 73.6 Å². The van der Waals surface area contributed by atoms with Gasteiger partial charge in [-0.25, -0.2) is 4.79 Å². The average Bonchev–Trinajstić information content (AvgIpc) is 3.12. The minimum Gasteiger partial charge on any atom is -0.496 e. The average molecular weight is 302 g/mol. The first-order valence-corrected chi connectivity index (χ1v) is 7.11. The molecule has 0 unspecified atom stereocenters. The molecule has 1 heterocycles. The summed E-state index contributed by atoms with van der Waals surface area (Å²) in [6.07, 6.45) is 2.98. The SMILES string of the molecule is COc1cc(-c2cc(C(=O)O)nn2C)c(OC)c2c1CCC2. The fourth-order valence-electron chi connectivity index (χ4n) is 3.14. The van der Waals surface area contributed by atoms with Crippen LogP contribution in [0.4, 0.5) is 0 Å². The molecule has 1 aromatic carbocycles. The van der Waals surface area contributed by atoms with E-state index >= 15 is 0 Å². The number of methoxy groups -OCH3 is 2. The van der Waals surface area contributed by atoms with Crippen molar-refractivity contribution < 1.29 is 19.4 Å². The van der Waals surface area contributed by atoms with Gasteiger partial charge in [-0.15, -0.1) is 0 Å². The monoisotopic (exact) mass is 302 g/mol. The van der Waals surface area contributed by atoms with E-state index in [2.05, 4.69) is 5.10 Å². The fraction of sp³-hybridized carbons (Fsp3) is 0.375. The van der Waals surface area contributed by atoms with Gasteiger partial charge in [0.15, 0.2) is 5.69 Å². The molecule has 0 aliphatic heterocycles. The van der Waals surface area contributed by atoms with Crippen molar-refractivity contribution in [2.24, 2.45) is 7.05 Å². The summed E-state index contributed by atoms with van der Waals surface area (Å²) in [5.41, 5.74) is 3.85. The molecule has 1 aliphatic carbocycles. The van der Waals surface area contributed by atoms with Crippen molar-refractivity contribution in [3.05, 3.63) is 29.0 Å². The second-order valence-corrected chi connectivity index (χ2v) is 5.31. The number of aromatic nitrogens is 2. The Morgan fingerprint density at radius 2 is 1.95 bits per heavy atom. The van der Waals surface area contributed by atoms with E-state index in [1.54, 1.807) is 32.0 Å². The van der Waals surface area contributed by atoms with Gasteiger partial charge in [-0.05, 0) is 31.4 Å². The van der Waals surface area contributed by atoms with Gasteiger partial charge in [0.1, 0.15) is 11.5 Å². The number of aromatic carboxylic acids is 1. The smallest absolute Gasteiger partial charge is 0.356 e. The maximum absolute atomic E-state index is 11.1. The van der Waals surface area contributed by atoms with Crippen molar-refractivity contribution in [2.45, 2.75) is 19.3 Å². The maximum atomic E-state index is 11.1. The van der Waals surface area contributed by atoms with Gasteiger partial charge < -0.3 is 14.6 Å². The third kappa shape index (κ3) is 2.11. The van der Waals surface area contributed by atoms with Gasteiger partial charge in [-0.2, -0.15) is 5.10 Å². The van der Waals surface area contributed by atoms with Crippen LogP contribution < -0.4 is 9.47 Å². The first-order valence-electron chi connectivity index (χ1n) is 7.11. The predicted molar refractivity (Wildman–Crippen MR) is 80.7 cm³/mol. The third-order valence-corrected chi connectivity index (χ3v) is 4.11. The largest absolute Gasteiger partial charge is 0.496 e. The van der Waals surface area contributed by atoms with Crippen LogP contribution >= 0.6 is 0 Å². The lowest BCUT2D eigenvalue weighted by Crippen LogP contribution is -2.01. The molecular weight excluding hydrogens is 284 g/mol. The van der Waals surface area contributed by atoms with Crippen molar-refractivity contribution in [2.75, 3.05) is 14.2 Å². The predicted octanol–water partition coefficient (Wildman–Crippen LogP) is 2.29. The lowest BCUT2D eigenvalue weighted by atomic mass is 10.0. The minimum absolute atomic E-state index is 0.0130. The summed E-state index contributed by atoms with van der Waals surface area (Å²) in [6, 6.07) is 3.46. The van der Waals surface area contributed by atoms with Gasteiger partial charge in [0, 0.05) is 23.7 Å². The summed E-state index contributed by atoms with van der Waals surface area (Å²) in [4.78, 5) is 11.1. The number of hydrogen-bond acceptors (Lipinski definition) is 4. The second-order valence-electron chi connectivity index (χ2n) is 5.31. The molecule has 0 spiro atoms. The molecule has 0 saturated carbocycles. The number of carbonyl (C=O) groups is 1. The van der Waals surface area contributed by atoms with Crippen LogP contribution in [0.2, 0.25) is 0 Å². The van der Waals surface area contributed by atoms with Crippen molar-refractivity contribution >= 4 is 5.97 Å². The highest BCUT2D eigenvalue weighted by molar-refractivity contribution is 5.87. The summed E-state index contributed by atoms with van der Waals surface area (Å²) in [5, 5.41) is 13.2. The Bertz CT molecular complexity index is 749. The van der Waals surface area contributed by atoms with Crippen LogP contribution in [0, 0.1) is 0 Å². The molecule has 6 heteroatoms. The molecule has 0 saturated heterocycles. The standard InChI is InChI=1S/C16H18N2O4/c1-18-13(8-12(17-18)16(19)20)11-7-14(21-2)9-5-4-6-10(9)15(11)22-3/h7-8H,4-6H2,1-3H3,(H,19,20). The van der Waals surface area contributed by atoms with E-state index in [1.165, 1.54) is 5.56 Å². The molecule has 0 bridgehead atoms. The van der Waals surface area contributed by atoms with Crippen molar-refractivity contribution in [1.82, 2.24) is 9.78 Å². The molecule has 1 aliphatic rings. The van der Waals surface area contributed by atoms with E-state index in [1.807, 2.05) is 6.07 Å². The Balaban J connectivity index is 2.24. The molecule has 3 rings (SSSR count). The van der Waals surface area contributed by atoms with Crippen LogP contribution in [-0.4, -0.2) is 35.1 Å². The lowest BCUT2D eigenvalue weighted by molar-refractivity contribution is 0.0689. The lowest BCUT2D eigenvalue weighted by Gasteiger charge is -2.16. The van der Waals surface area contributed by atoms with E-state index in [9.17, 15) is 4.79 Å². The van der Waals surface area contributed by atoms with Gasteiger partial charge in [-0.3, -0.25) is 4.68 Å². The Morgan fingerprint density at radius 1 is 1.23 bits per heavy atom. The minimum atomic E-state index is -1.05. The van der Waals surface area contributed by atoms with Crippen molar-refractivity contribution in [3.63, 3.8) is 0 Å². The Morgan fingerprint density at radius 3 is 2.55 bits per heavy atom. The number of fused-ring (bicyclic) bond motifs is 1. The van der Waals surface area contributed by atoms with Gasteiger partial charge >= 0.3 is 5.97 Å².